The van der Waals surface area contributed by atoms with E-state index in [-0.39, 0.29) is 0 Å². The van der Waals surface area contributed by atoms with E-state index in [1.807, 2.05) is 0 Å². The molecule has 2 rings (SSSR count). The minimum atomic E-state index is 0.551. The topological polar surface area (TPSA) is 12.0 Å². The summed E-state index contributed by atoms with van der Waals surface area (Å²) in [7, 11) is 0. The third-order valence-corrected chi connectivity index (χ3v) is 6.39. The molecule has 0 aliphatic heterocycles. The molecule has 0 amide bonds. The van der Waals surface area contributed by atoms with Crippen LogP contribution in [0.2, 0.25) is 0 Å². The van der Waals surface area contributed by atoms with Gasteiger partial charge in [-0.25, -0.2) is 0 Å². The van der Waals surface area contributed by atoms with Crippen LogP contribution in [0.15, 0.2) is 0 Å². The van der Waals surface area contributed by atoms with Crippen molar-refractivity contribution in [2.45, 2.75) is 79.2 Å². The van der Waals surface area contributed by atoms with Gasteiger partial charge in [-0.05, 0) is 54.9 Å². The van der Waals surface area contributed by atoms with Gasteiger partial charge in [0.1, 0.15) is 0 Å². The zero-order valence-corrected chi connectivity index (χ0v) is 13.2. The Morgan fingerprint density at radius 1 is 1.17 bits per heavy atom. The maximum Gasteiger partial charge on any atom is 0.0129 e. The summed E-state index contributed by atoms with van der Waals surface area (Å²) in [4.78, 5) is 0. The van der Waals surface area contributed by atoms with Crippen molar-refractivity contribution in [2.75, 3.05) is 6.54 Å². The first-order chi connectivity index (χ1) is 8.38. The van der Waals surface area contributed by atoms with Crippen LogP contribution in [-0.4, -0.2) is 12.6 Å². The van der Waals surface area contributed by atoms with Crippen molar-refractivity contribution in [2.24, 2.45) is 22.7 Å². The third-order valence-electron chi connectivity index (χ3n) is 6.39. The Bertz CT molecular complexity index is 281. The van der Waals surface area contributed by atoms with Crippen LogP contribution >= 0.6 is 0 Å². The van der Waals surface area contributed by atoms with Crippen LogP contribution < -0.4 is 5.32 Å². The van der Waals surface area contributed by atoms with Gasteiger partial charge in [0.2, 0.25) is 0 Å². The van der Waals surface area contributed by atoms with Gasteiger partial charge in [-0.2, -0.15) is 0 Å². The van der Waals surface area contributed by atoms with Gasteiger partial charge < -0.3 is 5.32 Å². The van der Waals surface area contributed by atoms with Crippen molar-refractivity contribution < 1.29 is 0 Å². The van der Waals surface area contributed by atoms with E-state index < -0.39 is 0 Å². The first kappa shape index (κ1) is 14.4. The molecule has 1 nitrogen and oxygen atoms in total. The highest BCUT2D eigenvalue weighted by Crippen LogP contribution is 2.65. The van der Waals surface area contributed by atoms with E-state index in [9.17, 15) is 0 Å². The fourth-order valence-electron chi connectivity index (χ4n) is 4.47. The van der Waals surface area contributed by atoms with Crippen molar-refractivity contribution in [3.63, 3.8) is 0 Å². The number of fused-ring (bicyclic) bond motifs is 2. The summed E-state index contributed by atoms with van der Waals surface area (Å²) in [5, 5.41) is 3.88. The predicted molar refractivity (Wildman–Crippen MR) is 79.7 cm³/mol. The molecule has 106 valence electrons. The Balaban J connectivity index is 1.75. The van der Waals surface area contributed by atoms with E-state index in [0.29, 0.717) is 10.8 Å². The molecule has 2 aliphatic rings. The largest absolute Gasteiger partial charge is 0.313 e. The molecule has 0 heterocycles. The molecule has 0 saturated heterocycles. The van der Waals surface area contributed by atoms with Crippen LogP contribution in [0.5, 0.6) is 0 Å². The highest BCUT2D eigenvalue weighted by molar-refractivity contribution is 5.12. The minimum Gasteiger partial charge on any atom is -0.313 e. The predicted octanol–water partition coefficient (Wildman–Crippen LogP) is 4.62. The number of rotatable bonds is 6. The third kappa shape index (κ3) is 2.35. The Labute approximate surface area is 114 Å². The standard InChI is InChI=1S/C17H33N/c1-13(2)8-6-7-11-18-15-12-14-9-10-17(15,5)16(14,3)4/h13-15,18H,6-12H2,1-5H3. The van der Waals surface area contributed by atoms with Crippen molar-refractivity contribution in [1.82, 2.24) is 5.32 Å². The maximum atomic E-state index is 3.88. The van der Waals surface area contributed by atoms with Crippen molar-refractivity contribution >= 4 is 0 Å². The van der Waals surface area contributed by atoms with Gasteiger partial charge in [0.25, 0.3) is 0 Å². The summed E-state index contributed by atoms with van der Waals surface area (Å²) < 4.78 is 0. The molecular formula is C17H33N. The lowest BCUT2D eigenvalue weighted by atomic mass is 9.69. The zero-order valence-electron chi connectivity index (χ0n) is 13.2. The summed E-state index contributed by atoms with van der Waals surface area (Å²) in [6.07, 6.45) is 8.46. The molecule has 3 atom stereocenters. The van der Waals surface area contributed by atoms with Crippen LogP contribution in [-0.2, 0) is 0 Å². The fourth-order valence-corrected chi connectivity index (χ4v) is 4.47. The second kappa shape index (κ2) is 5.15. The second-order valence-corrected chi connectivity index (χ2v) is 8.01. The normalized spacial score (nSPS) is 37.7. The Hall–Kier alpha value is -0.0400. The average molecular weight is 251 g/mol. The van der Waals surface area contributed by atoms with E-state index >= 15 is 0 Å². The summed E-state index contributed by atoms with van der Waals surface area (Å²) in [6.45, 7) is 13.4. The molecule has 0 radical (unpaired) electrons. The van der Waals surface area contributed by atoms with E-state index in [4.69, 9.17) is 0 Å². The van der Waals surface area contributed by atoms with Crippen LogP contribution in [0.3, 0.4) is 0 Å². The van der Waals surface area contributed by atoms with Gasteiger partial charge in [-0.1, -0.05) is 47.5 Å². The minimum absolute atomic E-state index is 0.551. The van der Waals surface area contributed by atoms with Crippen LogP contribution in [0.1, 0.15) is 73.1 Å². The number of unbranched alkanes of at least 4 members (excludes halogenated alkanes) is 1. The lowest BCUT2D eigenvalue weighted by molar-refractivity contribution is 0.121. The molecule has 2 aliphatic carbocycles. The molecule has 1 N–H and O–H groups in total. The summed E-state index contributed by atoms with van der Waals surface area (Å²) in [5.74, 6) is 1.83. The molecule has 0 aromatic heterocycles. The lowest BCUT2D eigenvalue weighted by Crippen LogP contribution is -2.44. The molecule has 18 heavy (non-hydrogen) atoms. The highest BCUT2D eigenvalue weighted by atomic mass is 15.0. The molecule has 0 spiro atoms. The maximum absolute atomic E-state index is 3.88. The van der Waals surface area contributed by atoms with Crippen molar-refractivity contribution in [3.05, 3.63) is 0 Å². The van der Waals surface area contributed by atoms with Crippen LogP contribution in [0.4, 0.5) is 0 Å². The highest BCUT2D eigenvalue weighted by Gasteiger charge is 2.60. The summed E-state index contributed by atoms with van der Waals surface area (Å²) >= 11 is 0. The smallest absolute Gasteiger partial charge is 0.0129 e. The summed E-state index contributed by atoms with van der Waals surface area (Å²) in [6, 6.07) is 0.783. The number of hydrogen-bond acceptors (Lipinski definition) is 1. The Kier molecular flexibility index (Phi) is 4.11. The summed E-state index contributed by atoms with van der Waals surface area (Å²) in [5.41, 5.74) is 1.11. The average Bonchev–Trinajstić information content (AvgIpc) is 2.61. The quantitative estimate of drug-likeness (QED) is 0.679. The Morgan fingerprint density at radius 2 is 1.89 bits per heavy atom. The fraction of sp³-hybridized carbons (Fsp3) is 1.00. The molecule has 1 heteroatoms. The van der Waals surface area contributed by atoms with Gasteiger partial charge in [-0.15, -0.1) is 0 Å². The van der Waals surface area contributed by atoms with Crippen molar-refractivity contribution in [3.8, 4) is 0 Å². The molecule has 2 saturated carbocycles. The van der Waals surface area contributed by atoms with Crippen molar-refractivity contribution in [1.29, 1.82) is 0 Å². The van der Waals surface area contributed by atoms with E-state index in [0.717, 1.165) is 17.9 Å². The van der Waals surface area contributed by atoms with Gasteiger partial charge in [0, 0.05) is 6.04 Å². The molecule has 2 fully saturated rings. The van der Waals surface area contributed by atoms with Gasteiger partial charge in [0.15, 0.2) is 0 Å². The van der Waals surface area contributed by atoms with Gasteiger partial charge >= 0.3 is 0 Å². The molecule has 0 aromatic carbocycles. The molecule has 2 bridgehead atoms. The molecule has 0 aromatic rings. The number of nitrogens with one attached hydrogen (secondary N) is 1. The monoisotopic (exact) mass is 251 g/mol. The van der Waals surface area contributed by atoms with Crippen LogP contribution in [0.25, 0.3) is 0 Å². The van der Waals surface area contributed by atoms with E-state index in [2.05, 4.69) is 39.9 Å². The van der Waals surface area contributed by atoms with Gasteiger partial charge in [-0.3, -0.25) is 0 Å². The van der Waals surface area contributed by atoms with E-state index in [1.165, 1.54) is 45.1 Å². The first-order valence-corrected chi connectivity index (χ1v) is 8.11. The lowest BCUT2D eigenvalue weighted by Gasteiger charge is -2.39. The zero-order chi connectivity index (χ0) is 13.4. The van der Waals surface area contributed by atoms with E-state index in [1.54, 1.807) is 0 Å². The number of hydrogen-bond donors (Lipinski definition) is 1. The molecule has 3 unspecified atom stereocenters. The first-order valence-electron chi connectivity index (χ1n) is 8.11. The second-order valence-electron chi connectivity index (χ2n) is 8.01. The molecular weight excluding hydrogens is 218 g/mol. The van der Waals surface area contributed by atoms with Gasteiger partial charge in [0.05, 0.1) is 0 Å². The van der Waals surface area contributed by atoms with Crippen LogP contribution in [0, 0.1) is 22.7 Å². The SMILES string of the molecule is CC(C)CCCCNC1CC2CCC1(C)C2(C)C. The Morgan fingerprint density at radius 3 is 2.39 bits per heavy atom.